The lowest BCUT2D eigenvalue weighted by atomic mass is 10.0. The molecule has 7 heteroatoms. The molecule has 1 aliphatic heterocycles. The summed E-state index contributed by atoms with van der Waals surface area (Å²) >= 11 is 0. The largest absolute Gasteiger partial charge is 0.319 e. The van der Waals surface area contributed by atoms with E-state index >= 15 is 0 Å². The second-order valence-electron chi connectivity index (χ2n) is 5.72. The molecule has 0 amide bonds. The fourth-order valence-corrected chi connectivity index (χ4v) is 3.16. The van der Waals surface area contributed by atoms with Crippen molar-refractivity contribution in [1.82, 2.24) is 14.2 Å². The number of hydrogen-bond acceptors (Lipinski definition) is 4. The van der Waals surface area contributed by atoms with E-state index in [0.29, 0.717) is 13.1 Å². The number of pyridine rings is 1. The molecule has 2 rings (SSSR count). The van der Waals surface area contributed by atoms with Crippen LogP contribution in [0, 0.1) is 0 Å². The highest BCUT2D eigenvalue weighted by molar-refractivity contribution is 7.88. The van der Waals surface area contributed by atoms with Gasteiger partial charge in [0.2, 0.25) is 10.0 Å². The van der Waals surface area contributed by atoms with Crippen molar-refractivity contribution in [1.29, 1.82) is 0 Å². The minimum Gasteiger partial charge on any atom is -0.319 e. The fourth-order valence-electron chi connectivity index (χ4n) is 2.67. The number of piperidine rings is 1. The molecule has 0 unspecified atom stereocenters. The molecule has 1 saturated heterocycles. The van der Waals surface area contributed by atoms with Crippen molar-refractivity contribution in [3.05, 3.63) is 34.2 Å². The van der Waals surface area contributed by atoms with Gasteiger partial charge in [0.05, 0.1) is 6.26 Å². The zero-order chi connectivity index (χ0) is 15.5. The summed E-state index contributed by atoms with van der Waals surface area (Å²) in [5.41, 5.74) is 0.958. The first kappa shape index (κ1) is 16.2. The Morgan fingerprint density at radius 2 is 2.14 bits per heavy atom. The number of sulfonamides is 1. The Balaban J connectivity index is 2.04. The molecule has 1 fully saturated rings. The molecule has 0 aromatic carbocycles. The molecule has 0 aliphatic carbocycles. The molecular weight excluding hydrogens is 290 g/mol. The quantitative estimate of drug-likeness (QED) is 0.848. The summed E-state index contributed by atoms with van der Waals surface area (Å²) < 4.78 is 26.6. The number of nitrogens with one attached hydrogen (secondary N) is 1. The topological polar surface area (TPSA) is 71.4 Å². The summed E-state index contributed by atoms with van der Waals surface area (Å²) in [6.45, 7) is 2.06. The first-order chi connectivity index (χ1) is 9.85. The van der Waals surface area contributed by atoms with Crippen molar-refractivity contribution < 1.29 is 8.42 Å². The van der Waals surface area contributed by atoms with Crippen LogP contribution in [-0.4, -0.2) is 43.3 Å². The summed E-state index contributed by atoms with van der Waals surface area (Å²) in [6.07, 6.45) is 6.16. The molecule has 0 radical (unpaired) electrons. The van der Waals surface area contributed by atoms with Crippen LogP contribution in [-0.2, 0) is 23.6 Å². The van der Waals surface area contributed by atoms with Crippen LogP contribution in [0.5, 0.6) is 0 Å². The number of hydrogen-bond donors (Lipinski definition) is 1. The summed E-state index contributed by atoms with van der Waals surface area (Å²) in [6, 6.07) is 3.78. The summed E-state index contributed by atoms with van der Waals surface area (Å²) in [4.78, 5) is 13.9. The third-order valence-corrected chi connectivity index (χ3v) is 4.58. The normalized spacial score (nSPS) is 20.6. The maximum absolute atomic E-state index is 11.7. The van der Waals surface area contributed by atoms with E-state index < -0.39 is 10.0 Å². The second-order valence-corrected chi connectivity index (χ2v) is 7.56. The Bertz CT molecular complexity index is 639. The third kappa shape index (κ3) is 4.94. The van der Waals surface area contributed by atoms with Crippen molar-refractivity contribution in [2.24, 2.45) is 7.05 Å². The van der Waals surface area contributed by atoms with E-state index in [1.165, 1.54) is 6.26 Å². The van der Waals surface area contributed by atoms with E-state index in [9.17, 15) is 13.2 Å². The zero-order valence-electron chi connectivity index (χ0n) is 12.6. The number of aryl methyl sites for hydroxylation is 1. The van der Waals surface area contributed by atoms with Gasteiger partial charge in [0, 0.05) is 38.4 Å². The molecule has 1 aromatic heterocycles. The molecule has 1 aliphatic rings. The van der Waals surface area contributed by atoms with Crippen LogP contribution in [0.3, 0.4) is 0 Å². The van der Waals surface area contributed by atoms with Crippen molar-refractivity contribution in [2.45, 2.75) is 31.8 Å². The smallest absolute Gasteiger partial charge is 0.250 e. The summed E-state index contributed by atoms with van der Waals surface area (Å²) in [5, 5.41) is 0. The Morgan fingerprint density at radius 3 is 2.81 bits per heavy atom. The van der Waals surface area contributed by atoms with Gasteiger partial charge in [-0.1, -0.05) is 6.42 Å². The van der Waals surface area contributed by atoms with Crippen LogP contribution < -0.4 is 10.3 Å². The number of aromatic nitrogens is 1. The van der Waals surface area contributed by atoms with Gasteiger partial charge in [0.25, 0.3) is 5.56 Å². The highest BCUT2D eigenvalue weighted by atomic mass is 32.2. The van der Waals surface area contributed by atoms with E-state index in [0.717, 1.165) is 31.4 Å². The van der Waals surface area contributed by atoms with E-state index in [4.69, 9.17) is 0 Å². The van der Waals surface area contributed by atoms with Gasteiger partial charge in [0.1, 0.15) is 0 Å². The molecule has 0 saturated carbocycles. The van der Waals surface area contributed by atoms with Crippen molar-refractivity contribution in [3.8, 4) is 0 Å². The number of nitrogens with zero attached hydrogens (tertiary/aromatic N) is 2. The lowest BCUT2D eigenvalue weighted by molar-refractivity contribution is 0.142. The van der Waals surface area contributed by atoms with Crippen LogP contribution in [0.4, 0.5) is 0 Å². The molecule has 6 nitrogen and oxygen atoms in total. The molecular formula is C14H23N3O3S. The van der Waals surface area contributed by atoms with Gasteiger partial charge in [0.15, 0.2) is 0 Å². The van der Waals surface area contributed by atoms with Crippen molar-refractivity contribution in [2.75, 3.05) is 19.3 Å². The van der Waals surface area contributed by atoms with Gasteiger partial charge >= 0.3 is 0 Å². The summed E-state index contributed by atoms with van der Waals surface area (Å²) in [5.74, 6) is 0. The monoisotopic (exact) mass is 313 g/mol. The SMILES string of the molecule is Cn1ccc(CN2CCCC[C@H]2CNS(C)(=O)=O)cc1=O. The molecule has 21 heavy (non-hydrogen) atoms. The van der Waals surface area contributed by atoms with E-state index in [2.05, 4.69) is 9.62 Å². The Hall–Kier alpha value is -1.18. The minimum atomic E-state index is -3.16. The molecule has 1 aromatic rings. The number of likely N-dealkylation sites (tertiary alicyclic amines) is 1. The Morgan fingerprint density at radius 1 is 1.38 bits per heavy atom. The van der Waals surface area contributed by atoms with Gasteiger partial charge in [-0.15, -0.1) is 0 Å². The van der Waals surface area contributed by atoms with Gasteiger partial charge in [-0.05, 0) is 31.0 Å². The third-order valence-electron chi connectivity index (χ3n) is 3.88. The Kier molecular flexibility index (Phi) is 5.18. The molecule has 118 valence electrons. The molecule has 1 N–H and O–H groups in total. The van der Waals surface area contributed by atoms with Crippen LogP contribution in [0.2, 0.25) is 0 Å². The zero-order valence-corrected chi connectivity index (χ0v) is 13.4. The predicted molar refractivity (Wildman–Crippen MR) is 82.6 cm³/mol. The molecule has 0 bridgehead atoms. The molecule has 0 spiro atoms. The minimum absolute atomic E-state index is 0.0182. The standard InChI is InChI=1S/C14H23N3O3S/c1-16-8-6-12(9-14(16)18)11-17-7-4-3-5-13(17)10-15-21(2,19)20/h6,8-9,13,15H,3-5,7,10-11H2,1-2H3/t13-/m0/s1. The van der Waals surface area contributed by atoms with Crippen LogP contribution in [0.1, 0.15) is 24.8 Å². The predicted octanol–water partition coefficient (Wildman–Crippen LogP) is 0.289. The van der Waals surface area contributed by atoms with Crippen molar-refractivity contribution >= 4 is 10.0 Å². The average molecular weight is 313 g/mol. The first-order valence-corrected chi connectivity index (χ1v) is 9.08. The van der Waals surface area contributed by atoms with Gasteiger partial charge in [-0.25, -0.2) is 13.1 Å². The highest BCUT2D eigenvalue weighted by Crippen LogP contribution is 2.19. The maximum atomic E-state index is 11.7. The van der Waals surface area contributed by atoms with Crippen molar-refractivity contribution in [3.63, 3.8) is 0 Å². The average Bonchev–Trinajstić information content (AvgIpc) is 2.41. The molecule has 1 atom stereocenters. The first-order valence-electron chi connectivity index (χ1n) is 7.19. The summed E-state index contributed by atoms with van der Waals surface area (Å²) in [7, 11) is -1.43. The van der Waals surface area contributed by atoms with Crippen LogP contribution in [0.15, 0.2) is 23.1 Å². The van der Waals surface area contributed by atoms with E-state index in [-0.39, 0.29) is 11.6 Å². The van der Waals surface area contributed by atoms with Crippen LogP contribution in [0.25, 0.3) is 0 Å². The highest BCUT2D eigenvalue weighted by Gasteiger charge is 2.23. The van der Waals surface area contributed by atoms with Crippen LogP contribution >= 0.6 is 0 Å². The number of rotatable bonds is 5. The second kappa shape index (κ2) is 6.72. The lowest BCUT2D eigenvalue weighted by Crippen LogP contribution is -2.46. The fraction of sp³-hybridized carbons (Fsp3) is 0.643. The van der Waals surface area contributed by atoms with E-state index in [1.54, 1.807) is 23.9 Å². The maximum Gasteiger partial charge on any atom is 0.250 e. The van der Waals surface area contributed by atoms with Gasteiger partial charge in [-0.2, -0.15) is 0 Å². The molecule has 2 heterocycles. The Labute approximate surface area is 125 Å². The van der Waals surface area contributed by atoms with Gasteiger partial charge in [-0.3, -0.25) is 9.69 Å². The lowest BCUT2D eigenvalue weighted by Gasteiger charge is -2.35. The van der Waals surface area contributed by atoms with E-state index in [1.807, 2.05) is 6.07 Å². The van der Waals surface area contributed by atoms with Gasteiger partial charge < -0.3 is 4.57 Å².